The summed E-state index contributed by atoms with van der Waals surface area (Å²) in [6, 6.07) is 3.72. The Balaban J connectivity index is 2.03. The number of carbonyl (C=O) groups is 1. The predicted molar refractivity (Wildman–Crippen MR) is 70.0 cm³/mol. The first-order valence-electron chi connectivity index (χ1n) is 5.18. The molecule has 0 unspecified atom stereocenters. The molecule has 88 valence electrons. The quantitative estimate of drug-likeness (QED) is 0.873. The zero-order valence-electron chi connectivity index (χ0n) is 9.43. The average molecular weight is 247 g/mol. The van der Waals surface area contributed by atoms with E-state index in [1.54, 1.807) is 17.4 Å². The highest BCUT2D eigenvalue weighted by molar-refractivity contribution is 7.08. The van der Waals surface area contributed by atoms with Gasteiger partial charge in [-0.3, -0.25) is 4.79 Å². The van der Waals surface area contributed by atoms with Gasteiger partial charge in [-0.15, -0.1) is 0 Å². The third kappa shape index (κ3) is 3.04. The highest BCUT2D eigenvalue weighted by atomic mass is 32.1. The first-order chi connectivity index (χ1) is 8.15. The molecule has 0 aliphatic heterocycles. The van der Waals surface area contributed by atoms with Gasteiger partial charge in [-0.25, -0.2) is 4.98 Å². The zero-order chi connectivity index (χ0) is 12.3. The van der Waals surface area contributed by atoms with Crippen LogP contribution in [0.15, 0.2) is 29.1 Å². The number of carbonyl (C=O) groups excluding carboxylic acids is 1. The molecule has 4 nitrogen and oxygen atoms in total. The Hall–Kier alpha value is -1.88. The molecule has 0 aromatic carbocycles. The number of nitrogens with one attached hydrogen (secondary N) is 1. The molecule has 0 aliphatic carbocycles. The summed E-state index contributed by atoms with van der Waals surface area (Å²) in [5, 5.41) is 6.69. The molecule has 0 saturated carbocycles. The highest BCUT2D eigenvalue weighted by Crippen LogP contribution is 2.14. The minimum atomic E-state index is -0.0660. The van der Waals surface area contributed by atoms with Gasteiger partial charge in [0, 0.05) is 0 Å². The molecular weight excluding hydrogens is 234 g/mol. The van der Waals surface area contributed by atoms with Crippen molar-refractivity contribution in [2.75, 3.05) is 11.1 Å². The van der Waals surface area contributed by atoms with Gasteiger partial charge in [-0.1, -0.05) is 0 Å². The van der Waals surface area contributed by atoms with Crippen LogP contribution in [-0.4, -0.2) is 10.9 Å². The lowest BCUT2D eigenvalue weighted by Gasteiger charge is -2.07. The first-order valence-corrected chi connectivity index (χ1v) is 6.12. The summed E-state index contributed by atoms with van der Waals surface area (Å²) in [4.78, 5) is 15.8. The van der Waals surface area contributed by atoms with Crippen LogP contribution < -0.4 is 11.1 Å². The number of nitrogen functional groups attached to an aromatic ring is 1. The zero-order valence-corrected chi connectivity index (χ0v) is 10.3. The van der Waals surface area contributed by atoms with E-state index in [9.17, 15) is 4.79 Å². The Bertz CT molecular complexity index is 523. The molecule has 0 spiro atoms. The van der Waals surface area contributed by atoms with Gasteiger partial charge in [-0.05, 0) is 40.9 Å². The summed E-state index contributed by atoms with van der Waals surface area (Å²) < 4.78 is 0. The van der Waals surface area contributed by atoms with Gasteiger partial charge in [0.15, 0.2) is 0 Å². The smallest absolute Gasteiger partial charge is 0.229 e. The van der Waals surface area contributed by atoms with Crippen molar-refractivity contribution in [3.8, 4) is 0 Å². The predicted octanol–water partition coefficient (Wildman–Crippen LogP) is 2.21. The van der Waals surface area contributed by atoms with E-state index in [4.69, 9.17) is 5.73 Å². The molecule has 0 fully saturated rings. The summed E-state index contributed by atoms with van der Waals surface area (Å²) in [5.74, 6) is 0.503. The van der Waals surface area contributed by atoms with Gasteiger partial charge in [0.1, 0.15) is 5.82 Å². The maximum absolute atomic E-state index is 11.7. The minimum absolute atomic E-state index is 0.0660. The molecule has 0 aliphatic rings. The average Bonchev–Trinajstić information content (AvgIpc) is 2.75. The maximum atomic E-state index is 11.7. The molecule has 3 N–H and O–H groups in total. The molecule has 2 rings (SSSR count). The molecule has 2 aromatic rings. The normalized spacial score (nSPS) is 10.2. The molecule has 5 heteroatoms. The Morgan fingerprint density at radius 1 is 1.59 bits per heavy atom. The van der Waals surface area contributed by atoms with Gasteiger partial charge in [0.2, 0.25) is 5.91 Å². The number of hydrogen-bond donors (Lipinski definition) is 2. The molecule has 17 heavy (non-hydrogen) atoms. The van der Waals surface area contributed by atoms with Gasteiger partial charge >= 0.3 is 0 Å². The number of hydrogen-bond acceptors (Lipinski definition) is 4. The number of rotatable bonds is 3. The lowest BCUT2D eigenvalue weighted by atomic mass is 10.2. The van der Waals surface area contributed by atoms with Crippen LogP contribution >= 0.6 is 11.3 Å². The second-order valence-electron chi connectivity index (χ2n) is 3.79. The summed E-state index contributed by atoms with van der Waals surface area (Å²) in [6.07, 6.45) is 1.90. The molecule has 2 aromatic heterocycles. The number of nitrogens with two attached hydrogens (primary N) is 1. The van der Waals surface area contributed by atoms with Crippen LogP contribution in [0.2, 0.25) is 0 Å². The first kappa shape index (κ1) is 11.6. The van der Waals surface area contributed by atoms with Gasteiger partial charge in [-0.2, -0.15) is 11.3 Å². The fraction of sp³-hybridized carbons (Fsp3) is 0.167. The monoisotopic (exact) mass is 247 g/mol. The molecule has 0 atom stereocenters. The summed E-state index contributed by atoms with van der Waals surface area (Å²) in [7, 11) is 0. The van der Waals surface area contributed by atoms with Crippen LogP contribution in [0.1, 0.15) is 11.1 Å². The van der Waals surface area contributed by atoms with Crippen molar-refractivity contribution in [2.24, 2.45) is 0 Å². The van der Waals surface area contributed by atoms with Gasteiger partial charge in [0.05, 0.1) is 18.3 Å². The number of aromatic nitrogens is 1. The van der Waals surface area contributed by atoms with E-state index in [2.05, 4.69) is 10.3 Å². The fourth-order valence-corrected chi connectivity index (χ4v) is 2.15. The van der Waals surface area contributed by atoms with Crippen molar-refractivity contribution in [3.05, 3.63) is 40.2 Å². The Morgan fingerprint density at radius 2 is 2.41 bits per heavy atom. The Morgan fingerprint density at radius 3 is 3.06 bits per heavy atom. The van der Waals surface area contributed by atoms with E-state index in [0.29, 0.717) is 17.9 Å². The third-order valence-electron chi connectivity index (χ3n) is 2.30. The standard InChI is InChI=1S/C12H13N3OS/c1-8-4-10(13)6-14-12(8)15-11(16)5-9-2-3-17-7-9/h2-4,6-7H,5,13H2,1H3,(H,14,15,16). The summed E-state index contributed by atoms with van der Waals surface area (Å²) >= 11 is 1.58. The molecular formula is C12H13N3OS. The number of nitrogens with zero attached hydrogens (tertiary/aromatic N) is 1. The van der Waals surface area contributed by atoms with Gasteiger partial charge < -0.3 is 11.1 Å². The summed E-state index contributed by atoms with van der Waals surface area (Å²) in [6.45, 7) is 1.86. The van der Waals surface area contributed by atoms with E-state index in [0.717, 1.165) is 11.1 Å². The number of thiophene rings is 1. The van der Waals surface area contributed by atoms with Crippen molar-refractivity contribution >= 4 is 28.7 Å². The number of amides is 1. The van der Waals surface area contributed by atoms with Crippen LogP contribution in [0.3, 0.4) is 0 Å². The fourth-order valence-electron chi connectivity index (χ4n) is 1.48. The molecule has 2 heterocycles. The van der Waals surface area contributed by atoms with Crippen molar-refractivity contribution in [3.63, 3.8) is 0 Å². The van der Waals surface area contributed by atoms with Crippen LogP contribution in [0, 0.1) is 6.92 Å². The van der Waals surface area contributed by atoms with Crippen LogP contribution in [0.5, 0.6) is 0 Å². The minimum Gasteiger partial charge on any atom is -0.397 e. The van der Waals surface area contributed by atoms with E-state index < -0.39 is 0 Å². The van der Waals surface area contributed by atoms with Crippen molar-refractivity contribution in [1.29, 1.82) is 0 Å². The molecule has 1 amide bonds. The highest BCUT2D eigenvalue weighted by Gasteiger charge is 2.07. The van der Waals surface area contributed by atoms with Crippen LogP contribution in [0.25, 0.3) is 0 Å². The molecule has 0 bridgehead atoms. The Labute approximate surface area is 103 Å². The second kappa shape index (κ2) is 4.97. The molecule has 0 saturated heterocycles. The SMILES string of the molecule is Cc1cc(N)cnc1NC(=O)Cc1ccsc1. The second-order valence-corrected chi connectivity index (χ2v) is 4.57. The van der Waals surface area contributed by atoms with Crippen molar-refractivity contribution < 1.29 is 4.79 Å². The summed E-state index contributed by atoms with van der Waals surface area (Å²) in [5.41, 5.74) is 8.07. The van der Waals surface area contributed by atoms with E-state index in [1.807, 2.05) is 23.8 Å². The number of pyridine rings is 1. The Kier molecular flexibility index (Phi) is 3.39. The van der Waals surface area contributed by atoms with Crippen molar-refractivity contribution in [1.82, 2.24) is 4.98 Å². The van der Waals surface area contributed by atoms with Crippen LogP contribution in [0.4, 0.5) is 11.5 Å². The third-order valence-corrected chi connectivity index (χ3v) is 3.03. The number of anilines is 2. The van der Waals surface area contributed by atoms with Crippen LogP contribution in [-0.2, 0) is 11.2 Å². The van der Waals surface area contributed by atoms with E-state index in [1.165, 1.54) is 6.20 Å². The molecule has 0 radical (unpaired) electrons. The number of aryl methyl sites for hydroxylation is 1. The lowest BCUT2D eigenvalue weighted by molar-refractivity contribution is -0.115. The van der Waals surface area contributed by atoms with E-state index >= 15 is 0 Å². The van der Waals surface area contributed by atoms with Gasteiger partial charge in [0.25, 0.3) is 0 Å². The van der Waals surface area contributed by atoms with E-state index in [-0.39, 0.29) is 5.91 Å². The lowest BCUT2D eigenvalue weighted by Crippen LogP contribution is -2.15. The topological polar surface area (TPSA) is 68.0 Å². The largest absolute Gasteiger partial charge is 0.397 e. The maximum Gasteiger partial charge on any atom is 0.229 e. The van der Waals surface area contributed by atoms with Crippen molar-refractivity contribution in [2.45, 2.75) is 13.3 Å².